The average molecular weight is 284 g/mol. The summed E-state index contributed by atoms with van der Waals surface area (Å²) in [5.74, 6) is -1.03. The lowest BCUT2D eigenvalue weighted by Crippen LogP contribution is -2.30. The Bertz CT molecular complexity index is 541. The highest BCUT2D eigenvalue weighted by atomic mass is 32.2. The number of aryl methyl sites for hydroxylation is 1. The van der Waals surface area contributed by atoms with E-state index in [1.165, 1.54) is 0 Å². The van der Waals surface area contributed by atoms with E-state index in [9.17, 15) is 13.2 Å². The normalized spacial score (nSPS) is 13.0. The lowest BCUT2D eigenvalue weighted by Gasteiger charge is -2.12. The van der Waals surface area contributed by atoms with Crippen LogP contribution in [0.4, 0.5) is 5.69 Å². The third-order valence-corrected chi connectivity index (χ3v) is 4.95. The predicted octanol–water partition coefficient (Wildman–Crippen LogP) is 1.09. The van der Waals surface area contributed by atoms with E-state index in [-0.39, 0.29) is 0 Å². The lowest BCUT2D eigenvalue weighted by atomic mass is 10.2. The van der Waals surface area contributed by atoms with Crippen LogP contribution in [0.5, 0.6) is 0 Å². The molecule has 0 aliphatic carbocycles. The maximum atomic E-state index is 11.9. The van der Waals surface area contributed by atoms with Crippen molar-refractivity contribution >= 4 is 21.4 Å². The van der Waals surface area contributed by atoms with Gasteiger partial charge in [-0.05, 0) is 44.5 Å². The van der Waals surface area contributed by atoms with E-state index in [2.05, 4.69) is 5.32 Å². The van der Waals surface area contributed by atoms with Gasteiger partial charge in [0, 0.05) is 5.69 Å². The van der Waals surface area contributed by atoms with Gasteiger partial charge in [-0.15, -0.1) is 0 Å². The predicted molar refractivity (Wildman–Crippen MR) is 76.7 cm³/mol. The molecular formula is C13H20N2O3S. The summed E-state index contributed by atoms with van der Waals surface area (Å²) in [6, 6.07) is 7.21. The molecule has 0 radical (unpaired) electrons. The van der Waals surface area contributed by atoms with Crippen molar-refractivity contribution in [3.8, 4) is 0 Å². The first kappa shape index (κ1) is 15.7. The van der Waals surface area contributed by atoms with Gasteiger partial charge in [-0.1, -0.05) is 12.1 Å². The molecule has 5 nitrogen and oxygen atoms in total. The molecule has 1 aromatic rings. The van der Waals surface area contributed by atoms with Crippen LogP contribution in [-0.4, -0.2) is 31.9 Å². The van der Waals surface area contributed by atoms with E-state index in [4.69, 9.17) is 5.73 Å². The zero-order chi connectivity index (χ0) is 14.5. The summed E-state index contributed by atoms with van der Waals surface area (Å²) in [5, 5.41) is 1.99. The first-order valence-corrected chi connectivity index (χ1v) is 7.85. The highest BCUT2D eigenvalue weighted by Gasteiger charge is 2.23. The second-order valence-electron chi connectivity index (χ2n) is 4.61. The average Bonchev–Trinajstić information content (AvgIpc) is 2.28. The molecule has 1 aromatic carbocycles. The fraction of sp³-hybridized carbons (Fsp3) is 0.462. The summed E-state index contributed by atoms with van der Waals surface area (Å²) in [5.41, 5.74) is 6.93. The first-order chi connectivity index (χ1) is 8.85. The minimum atomic E-state index is -3.44. The van der Waals surface area contributed by atoms with Gasteiger partial charge in [0.15, 0.2) is 9.84 Å². The van der Waals surface area contributed by atoms with Crippen LogP contribution in [0.1, 0.15) is 18.9 Å². The zero-order valence-corrected chi connectivity index (χ0v) is 12.0. The van der Waals surface area contributed by atoms with Crippen molar-refractivity contribution in [2.24, 2.45) is 5.73 Å². The number of sulfone groups is 1. The van der Waals surface area contributed by atoms with E-state index < -0.39 is 26.7 Å². The van der Waals surface area contributed by atoms with E-state index in [1.807, 2.05) is 13.0 Å². The van der Waals surface area contributed by atoms with Gasteiger partial charge in [0.25, 0.3) is 0 Å². The van der Waals surface area contributed by atoms with E-state index in [0.29, 0.717) is 18.7 Å². The minimum Gasteiger partial charge on any atom is -0.330 e. The second kappa shape index (κ2) is 6.68. The number of carbonyl (C=O) groups is 1. The highest BCUT2D eigenvalue weighted by Crippen LogP contribution is 2.11. The molecule has 106 valence electrons. The third kappa shape index (κ3) is 5.00. The number of hydrogen-bond acceptors (Lipinski definition) is 4. The number of nitrogens with two attached hydrogens (primary N) is 1. The highest BCUT2D eigenvalue weighted by molar-refractivity contribution is 7.92. The summed E-state index contributed by atoms with van der Waals surface area (Å²) >= 11 is 0. The summed E-state index contributed by atoms with van der Waals surface area (Å²) in [6.45, 7) is 3.76. The Balaban J connectivity index is 2.65. The Morgan fingerprint density at radius 3 is 2.68 bits per heavy atom. The molecule has 0 aliphatic rings. The maximum Gasteiger partial charge on any atom is 0.239 e. The van der Waals surface area contributed by atoms with Gasteiger partial charge in [0.05, 0.1) is 5.25 Å². The Hall–Kier alpha value is -1.40. The number of amides is 1. The molecule has 0 aliphatic heterocycles. The molecule has 1 amide bonds. The molecule has 6 heteroatoms. The molecule has 0 aromatic heterocycles. The minimum absolute atomic E-state index is 0.292. The number of benzene rings is 1. The van der Waals surface area contributed by atoms with Gasteiger partial charge in [-0.2, -0.15) is 0 Å². The molecule has 0 spiro atoms. The van der Waals surface area contributed by atoms with E-state index in [1.54, 1.807) is 25.1 Å². The molecule has 0 bridgehead atoms. The van der Waals surface area contributed by atoms with Crippen LogP contribution < -0.4 is 11.1 Å². The fourth-order valence-corrected chi connectivity index (χ4v) is 2.88. The van der Waals surface area contributed by atoms with Crippen molar-refractivity contribution in [2.75, 3.05) is 17.6 Å². The van der Waals surface area contributed by atoms with Crippen molar-refractivity contribution in [3.63, 3.8) is 0 Å². The van der Waals surface area contributed by atoms with Crippen LogP contribution in [-0.2, 0) is 14.6 Å². The zero-order valence-electron chi connectivity index (χ0n) is 11.2. The lowest BCUT2D eigenvalue weighted by molar-refractivity contribution is -0.113. The molecule has 3 N–H and O–H groups in total. The maximum absolute atomic E-state index is 11.9. The van der Waals surface area contributed by atoms with Crippen molar-refractivity contribution in [1.82, 2.24) is 0 Å². The van der Waals surface area contributed by atoms with Crippen LogP contribution in [0.2, 0.25) is 0 Å². The number of hydrogen-bond donors (Lipinski definition) is 2. The number of anilines is 1. The number of rotatable bonds is 6. The van der Waals surface area contributed by atoms with Crippen molar-refractivity contribution in [2.45, 2.75) is 25.5 Å². The van der Waals surface area contributed by atoms with Crippen LogP contribution in [0.3, 0.4) is 0 Å². The molecule has 19 heavy (non-hydrogen) atoms. The molecule has 0 saturated carbocycles. The van der Waals surface area contributed by atoms with Crippen LogP contribution >= 0.6 is 0 Å². The summed E-state index contributed by atoms with van der Waals surface area (Å²) in [7, 11) is -3.44. The topological polar surface area (TPSA) is 89.3 Å². The van der Waals surface area contributed by atoms with Crippen LogP contribution in [0.15, 0.2) is 24.3 Å². The van der Waals surface area contributed by atoms with Crippen molar-refractivity contribution in [1.29, 1.82) is 0 Å². The quantitative estimate of drug-likeness (QED) is 0.818. The van der Waals surface area contributed by atoms with Gasteiger partial charge in [0.2, 0.25) is 5.91 Å². The summed E-state index contributed by atoms with van der Waals surface area (Å²) in [6.07, 6.45) is 0.361. The third-order valence-electron chi connectivity index (χ3n) is 2.82. The van der Waals surface area contributed by atoms with Gasteiger partial charge in [-0.25, -0.2) is 8.42 Å². The Morgan fingerprint density at radius 1 is 1.42 bits per heavy atom. The summed E-state index contributed by atoms with van der Waals surface area (Å²) in [4.78, 5) is 11.7. The van der Waals surface area contributed by atoms with E-state index in [0.717, 1.165) is 5.56 Å². The van der Waals surface area contributed by atoms with Gasteiger partial charge < -0.3 is 11.1 Å². The number of carbonyl (C=O) groups excluding carboxylic acids is 1. The first-order valence-electron chi connectivity index (χ1n) is 6.13. The molecule has 0 heterocycles. The van der Waals surface area contributed by atoms with E-state index >= 15 is 0 Å². The van der Waals surface area contributed by atoms with Gasteiger partial charge in [0.1, 0.15) is 5.75 Å². The molecule has 1 atom stereocenters. The molecule has 1 unspecified atom stereocenters. The van der Waals surface area contributed by atoms with Crippen molar-refractivity contribution in [3.05, 3.63) is 29.8 Å². The Labute approximate surface area is 114 Å². The summed E-state index contributed by atoms with van der Waals surface area (Å²) < 4.78 is 23.7. The number of nitrogens with one attached hydrogen (secondary N) is 1. The molecule has 0 fully saturated rings. The second-order valence-corrected chi connectivity index (χ2v) is 7.03. The van der Waals surface area contributed by atoms with Gasteiger partial charge in [-0.3, -0.25) is 4.79 Å². The van der Waals surface area contributed by atoms with Crippen LogP contribution in [0.25, 0.3) is 0 Å². The Kier molecular flexibility index (Phi) is 5.50. The SMILES string of the molecule is Cc1cccc(NC(=O)CS(=O)(=O)C(C)CCN)c1. The fourth-order valence-electron chi connectivity index (χ4n) is 1.66. The standard InChI is InChI=1S/C13H20N2O3S/c1-10-4-3-5-12(8-10)15-13(16)9-19(17,18)11(2)6-7-14/h3-5,8,11H,6-7,9,14H2,1-2H3,(H,15,16). The monoisotopic (exact) mass is 284 g/mol. The molecular weight excluding hydrogens is 264 g/mol. The van der Waals surface area contributed by atoms with Gasteiger partial charge >= 0.3 is 0 Å². The van der Waals surface area contributed by atoms with Crippen molar-refractivity contribution < 1.29 is 13.2 Å². The smallest absolute Gasteiger partial charge is 0.239 e. The Morgan fingerprint density at radius 2 is 2.11 bits per heavy atom. The molecule has 1 rings (SSSR count). The largest absolute Gasteiger partial charge is 0.330 e. The van der Waals surface area contributed by atoms with Crippen LogP contribution in [0, 0.1) is 6.92 Å². The molecule has 0 saturated heterocycles.